The molecule has 38 heavy (non-hydrogen) atoms. The molecule has 3 rings (SSSR count). The number of benzene rings is 3. The van der Waals surface area contributed by atoms with Gasteiger partial charge in [0.05, 0.1) is 12.0 Å². The van der Waals surface area contributed by atoms with Gasteiger partial charge in [-0.05, 0) is 59.5 Å². The van der Waals surface area contributed by atoms with Crippen molar-refractivity contribution in [1.29, 1.82) is 0 Å². The molecule has 0 bridgehead atoms. The summed E-state index contributed by atoms with van der Waals surface area (Å²) in [6.45, 7) is -0.706. The van der Waals surface area contributed by atoms with Gasteiger partial charge in [-0.3, -0.25) is 0 Å². The molecule has 0 radical (unpaired) electrons. The summed E-state index contributed by atoms with van der Waals surface area (Å²) in [6.07, 6.45) is -18.8. The van der Waals surface area contributed by atoms with E-state index in [9.17, 15) is 43.9 Å². The van der Waals surface area contributed by atoms with Crippen LogP contribution in [0.2, 0.25) is 0 Å². The predicted octanol–water partition coefficient (Wildman–Crippen LogP) is 8.49. The third kappa shape index (κ3) is 8.56. The van der Waals surface area contributed by atoms with Gasteiger partial charge in [-0.25, -0.2) is 0 Å². The summed E-state index contributed by atoms with van der Waals surface area (Å²) in [5.41, 5.74) is 0.895. The first kappa shape index (κ1) is 29.1. The van der Waals surface area contributed by atoms with Crippen LogP contribution < -0.4 is 9.64 Å². The summed E-state index contributed by atoms with van der Waals surface area (Å²) in [6, 6.07) is 15.5. The second kappa shape index (κ2) is 11.5. The molecule has 0 unspecified atom stereocenters. The lowest BCUT2D eigenvalue weighted by molar-refractivity contribution is -0.253. The van der Waals surface area contributed by atoms with Crippen LogP contribution in [0, 0.1) is 0 Å². The van der Waals surface area contributed by atoms with Gasteiger partial charge in [0, 0.05) is 18.8 Å². The van der Waals surface area contributed by atoms with Gasteiger partial charge in [0.25, 0.3) is 0 Å². The van der Waals surface area contributed by atoms with Gasteiger partial charge in [-0.2, -0.15) is 43.9 Å². The van der Waals surface area contributed by atoms with Crippen molar-refractivity contribution in [2.45, 2.75) is 44.3 Å². The maximum absolute atomic E-state index is 13.3. The van der Waals surface area contributed by atoms with Gasteiger partial charge in [0.1, 0.15) is 5.75 Å². The average molecular weight is 553 g/mol. The Bertz CT molecular complexity index is 1190. The van der Waals surface area contributed by atoms with E-state index in [-0.39, 0.29) is 18.5 Å². The van der Waals surface area contributed by atoms with Crippen molar-refractivity contribution in [1.82, 2.24) is 0 Å². The monoisotopic (exact) mass is 553 g/mol. The van der Waals surface area contributed by atoms with E-state index in [1.54, 1.807) is 18.2 Å². The SMILES string of the molecule is FC(F)C(F)(F)Oc1cccc(CN(CCC(F)(F)F)c2cccc(Cc3ccc(C(F)(F)F)cc3)c2)c1. The fraction of sp³-hybridized carbons (Fsp3) is 0.308. The Balaban J connectivity index is 1.83. The number of ether oxygens (including phenoxy) is 1. The molecule has 0 fully saturated rings. The topological polar surface area (TPSA) is 12.5 Å². The Labute approximate surface area is 211 Å². The zero-order valence-electron chi connectivity index (χ0n) is 19.5. The number of halogens is 10. The van der Waals surface area contributed by atoms with Gasteiger partial charge < -0.3 is 9.64 Å². The van der Waals surface area contributed by atoms with Crippen LogP contribution in [0.5, 0.6) is 5.75 Å². The lowest BCUT2D eigenvalue weighted by Crippen LogP contribution is -2.33. The van der Waals surface area contributed by atoms with Crippen LogP contribution in [-0.4, -0.2) is 25.3 Å². The summed E-state index contributed by atoms with van der Waals surface area (Å²) in [7, 11) is 0. The van der Waals surface area contributed by atoms with Gasteiger partial charge in [-0.15, -0.1) is 0 Å². The standard InChI is InChI=1S/C26H21F10NO/c27-23(28)26(35,36)38-22-6-2-4-19(15-22)16-37(12-11-24(29,30)31)21-5-1-3-18(14-21)13-17-7-9-20(10-8-17)25(32,33)34/h1-10,14-15,23H,11-13,16H2. The largest absolute Gasteiger partial charge is 0.461 e. The van der Waals surface area contributed by atoms with Crippen molar-refractivity contribution in [3.05, 3.63) is 95.1 Å². The molecule has 3 aromatic carbocycles. The van der Waals surface area contributed by atoms with Crippen LogP contribution in [0.15, 0.2) is 72.8 Å². The van der Waals surface area contributed by atoms with Gasteiger partial charge >= 0.3 is 24.9 Å². The normalized spacial score (nSPS) is 12.6. The Morgan fingerprint density at radius 1 is 0.711 bits per heavy atom. The lowest BCUT2D eigenvalue weighted by Gasteiger charge is -2.26. The van der Waals surface area contributed by atoms with E-state index in [4.69, 9.17) is 0 Å². The highest BCUT2D eigenvalue weighted by Crippen LogP contribution is 2.31. The molecule has 3 aromatic rings. The van der Waals surface area contributed by atoms with Crippen molar-refractivity contribution in [2.75, 3.05) is 11.4 Å². The molecular formula is C26H21F10NO. The fourth-order valence-electron chi connectivity index (χ4n) is 3.60. The molecule has 0 saturated carbocycles. The Hall–Kier alpha value is -3.44. The minimum absolute atomic E-state index is 0.197. The van der Waals surface area contributed by atoms with Crippen LogP contribution in [-0.2, 0) is 19.1 Å². The van der Waals surface area contributed by atoms with Crippen molar-refractivity contribution in [3.8, 4) is 5.75 Å². The maximum atomic E-state index is 13.3. The molecule has 0 N–H and O–H groups in total. The third-order valence-electron chi connectivity index (χ3n) is 5.41. The molecule has 0 aliphatic carbocycles. The number of alkyl halides is 10. The molecule has 0 saturated heterocycles. The number of anilines is 1. The van der Waals surface area contributed by atoms with Crippen LogP contribution in [0.4, 0.5) is 49.6 Å². The molecule has 0 spiro atoms. The van der Waals surface area contributed by atoms with Crippen LogP contribution >= 0.6 is 0 Å². The smallest absolute Gasteiger partial charge is 0.428 e. The minimum Gasteiger partial charge on any atom is -0.428 e. The molecule has 2 nitrogen and oxygen atoms in total. The highest BCUT2D eigenvalue weighted by Gasteiger charge is 2.44. The minimum atomic E-state index is -4.75. The molecule has 206 valence electrons. The summed E-state index contributed by atoms with van der Waals surface area (Å²) < 4.78 is 133. The number of nitrogens with zero attached hydrogens (tertiary/aromatic N) is 1. The molecular weight excluding hydrogens is 532 g/mol. The van der Waals surface area contributed by atoms with E-state index in [2.05, 4.69) is 4.74 Å². The lowest BCUT2D eigenvalue weighted by atomic mass is 10.0. The van der Waals surface area contributed by atoms with Crippen LogP contribution in [0.3, 0.4) is 0 Å². The zero-order valence-corrected chi connectivity index (χ0v) is 19.5. The second-order valence-electron chi connectivity index (χ2n) is 8.44. The molecule has 0 heterocycles. The fourth-order valence-corrected chi connectivity index (χ4v) is 3.60. The molecule has 0 aliphatic heterocycles. The number of hydrogen-bond donors (Lipinski definition) is 0. The zero-order chi connectivity index (χ0) is 28.1. The van der Waals surface area contributed by atoms with E-state index in [0.29, 0.717) is 16.8 Å². The summed E-state index contributed by atoms with van der Waals surface area (Å²) in [5.74, 6) is -0.584. The molecule has 0 amide bonds. The van der Waals surface area contributed by atoms with Gasteiger partial charge in [0.15, 0.2) is 0 Å². The summed E-state index contributed by atoms with van der Waals surface area (Å²) in [5, 5.41) is 0. The molecule has 0 aromatic heterocycles. The number of hydrogen-bond acceptors (Lipinski definition) is 2. The van der Waals surface area contributed by atoms with Gasteiger partial charge in [0.2, 0.25) is 0 Å². The van der Waals surface area contributed by atoms with Crippen LogP contribution in [0.25, 0.3) is 0 Å². The van der Waals surface area contributed by atoms with E-state index < -0.39 is 49.2 Å². The first-order chi connectivity index (χ1) is 17.6. The van der Waals surface area contributed by atoms with Crippen molar-refractivity contribution in [3.63, 3.8) is 0 Å². The summed E-state index contributed by atoms with van der Waals surface area (Å²) >= 11 is 0. The Morgan fingerprint density at radius 2 is 1.34 bits per heavy atom. The first-order valence-corrected chi connectivity index (χ1v) is 11.1. The molecule has 0 atom stereocenters. The first-order valence-electron chi connectivity index (χ1n) is 11.1. The highest BCUT2D eigenvalue weighted by atomic mass is 19.4. The van der Waals surface area contributed by atoms with E-state index in [1.165, 1.54) is 35.2 Å². The van der Waals surface area contributed by atoms with Crippen molar-refractivity contribution < 1.29 is 48.6 Å². The van der Waals surface area contributed by atoms with Gasteiger partial charge in [-0.1, -0.05) is 36.4 Å². The predicted molar refractivity (Wildman–Crippen MR) is 120 cm³/mol. The Morgan fingerprint density at radius 3 is 1.95 bits per heavy atom. The Kier molecular flexibility index (Phi) is 8.83. The van der Waals surface area contributed by atoms with E-state index >= 15 is 0 Å². The van der Waals surface area contributed by atoms with Crippen molar-refractivity contribution >= 4 is 5.69 Å². The second-order valence-corrected chi connectivity index (χ2v) is 8.44. The van der Waals surface area contributed by atoms with E-state index in [0.717, 1.165) is 24.3 Å². The third-order valence-corrected chi connectivity index (χ3v) is 5.41. The molecule has 12 heteroatoms. The van der Waals surface area contributed by atoms with Crippen LogP contribution in [0.1, 0.15) is 28.7 Å². The van der Waals surface area contributed by atoms with E-state index in [1.807, 2.05) is 0 Å². The maximum Gasteiger partial charge on any atom is 0.461 e. The number of rotatable bonds is 10. The molecule has 0 aliphatic rings. The highest BCUT2D eigenvalue weighted by molar-refractivity contribution is 5.50. The average Bonchev–Trinajstić information content (AvgIpc) is 2.81. The summed E-state index contributed by atoms with van der Waals surface area (Å²) in [4.78, 5) is 1.33. The van der Waals surface area contributed by atoms with Crippen molar-refractivity contribution in [2.24, 2.45) is 0 Å². The quantitative estimate of drug-likeness (QED) is 0.234.